The number of carbonyl (C=O) groups excluding carboxylic acids is 1. The molecular weight excluding hydrogens is 200 g/mol. The van der Waals surface area contributed by atoms with E-state index in [4.69, 9.17) is 17.3 Å². The number of piperidine rings is 1. The van der Waals surface area contributed by atoms with E-state index in [2.05, 4.69) is 0 Å². The fourth-order valence-corrected chi connectivity index (χ4v) is 1.94. The van der Waals surface area contributed by atoms with Crippen LogP contribution >= 0.6 is 11.6 Å². The Morgan fingerprint density at radius 1 is 1.57 bits per heavy atom. The predicted octanol–water partition coefficient (Wildman–Crippen LogP) is 1.20. The van der Waals surface area contributed by atoms with Crippen LogP contribution in [0.4, 0.5) is 0 Å². The third-order valence-electron chi connectivity index (χ3n) is 2.68. The summed E-state index contributed by atoms with van der Waals surface area (Å²) in [5, 5.41) is 0.104. The van der Waals surface area contributed by atoms with Gasteiger partial charge in [-0.2, -0.15) is 0 Å². The number of rotatable bonds is 2. The quantitative estimate of drug-likeness (QED) is 0.708. The van der Waals surface area contributed by atoms with Crippen LogP contribution in [-0.2, 0) is 4.79 Å². The molecule has 1 fully saturated rings. The highest BCUT2D eigenvalue weighted by Gasteiger charge is 2.27. The first-order valence-electron chi connectivity index (χ1n) is 5.20. The molecule has 0 aliphatic carbocycles. The van der Waals surface area contributed by atoms with Crippen LogP contribution in [0.2, 0.25) is 0 Å². The van der Waals surface area contributed by atoms with Crippen LogP contribution in [0.3, 0.4) is 0 Å². The molecule has 4 heteroatoms. The molecule has 0 radical (unpaired) electrons. The van der Waals surface area contributed by atoms with Crippen LogP contribution in [0, 0.1) is 5.92 Å². The Bertz CT molecular complexity index is 208. The number of hydrogen-bond donors (Lipinski definition) is 1. The Hall–Kier alpha value is -0.280. The fraction of sp³-hybridized carbons (Fsp3) is 0.900. The smallest absolute Gasteiger partial charge is 0.239 e. The van der Waals surface area contributed by atoms with E-state index >= 15 is 0 Å². The molecule has 0 spiro atoms. The lowest BCUT2D eigenvalue weighted by Gasteiger charge is -2.32. The lowest BCUT2D eigenvalue weighted by Crippen LogP contribution is -2.50. The van der Waals surface area contributed by atoms with Crippen molar-refractivity contribution in [2.24, 2.45) is 11.7 Å². The van der Waals surface area contributed by atoms with Crippen LogP contribution < -0.4 is 5.73 Å². The first-order valence-corrected chi connectivity index (χ1v) is 5.64. The number of nitrogens with two attached hydrogens (primary N) is 1. The van der Waals surface area contributed by atoms with Crippen molar-refractivity contribution in [3.8, 4) is 0 Å². The van der Waals surface area contributed by atoms with Gasteiger partial charge >= 0.3 is 0 Å². The molecule has 1 heterocycles. The Kier molecular flexibility index (Phi) is 4.20. The lowest BCUT2D eigenvalue weighted by atomic mass is 10.0. The number of halogens is 1. The maximum absolute atomic E-state index is 11.8. The van der Waals surface area contributed by atoms with Gasteiger partial charge in [-0.05, 0) is 18.8 Å². The Labute approximate surface area is 90.6 Å². The summed E-state index contributed by atoms with van der Waals surface area (Å²) in [6.45, 7) is 5.39. The van der Waals surface area contributed by atoms with Crippen molar-refractivity contribution in [3.05, 3.63) is 0 Å². The minimum absolute atomic E-state index is 0.0466. The molecule has 14 heavy (non-hydrogen) atoms. The average Bonchev–Trinajstić information content (AvgIpc) is 2.15. The Morgan fingerprint density at radius 2 is 2.21 bits per heavy atom. The predicted molar refractivity (Wildman–Crippen MR) is 58.3 cm³/mol. The van der Waals surface area contributed by atoms with Crippen LogP contribution in [0.25, 0.3) is 0 Å². The van der Waals surface area contributed by atoms with E-state index in [0.29, 0.717) is 6.54 Å². The van der Waals surface area contributed by atoms with Gasteiger partial charge in [-0.3, -0.25) is 4.79 Å². The van der Waals surface area contributed by atoms with Crippen molar-refractivity contribution < 1.29 is 4.79 Å². The number of likely N-dealkylation sites (tertiary alicyclic amines) is 1. The van der Waals surface area contributed by atoms with Gasteiger partial charge in [0, 0.05) is 13.1 Å². The van der Waals surface area contributed by atoms with Crippen molar-refractivity contribution in [2.45, 2.75) is 38.1 Å². The van der Waals surface area contributed by atoms with Crippen molar-refractivity contribution in [1.29, 1.82) is 0 Å². The second-order valence-electron chi connectivity index (χ2n) is 4.29. The summed E-state index contributed by atoms with van der Waals surface area (Å²) in [6.07, 6.45) is 1.99. The molecule has 3 nitrogen and oxygen atoms in total. The zero-order valence-electron chi connectivity index (χ0n) is 8.87. The molecule has 1 aliphatic rings. The average molecular weight is 219 g/mol. The summed E-state index contributed by atoms with van der Waals surface area (Å²) in [6, 6.07) is -0.378. The van der Waals surface area contributed by atoms with Gasteiger partial charge in [-0.25, -0.2) is 0 Å². The number of carbonyl (C=O) groups is 1. The number of hydrogen-bond acceptors (Lipinski definition) is 2. The molecule has 1 amide bonds. The minimum Gasteiger partial charge on any atom is -0.340 e. The summed E-state index contributed by atoms with van der Waals surface area (Å²) in [5.74, 6) is 0.239. The second kappa shape index (κ2) is 4.99. The van der Waals surface area contributed by atoms with Crippen LogP contribution in [0.15, 0.2) is 0 Å². The van der Waals surface area contributed by atoms with Crippen molar-refractivity contribution >= 4 is 17.5 Å². The third kappa shape index (κ3) is 2.85. The molecule has 0 bridgehead atoms. The normalized spacial score (nSPS) is 25.2. The van der Waals surface area contributed by atoms with E-state index in [1.165, 1.54) is 0 Å². The monoisotopic (exact) mass is 218 g/mol. The first kappa shape index (κ1) is 11.8. The SMILES string of the molecule is CC(C)[C@H](N)C(=O)N1CCCC(Cl)C1. The van der Waals surface area contributed by atoms with E-state index in [9.17, 15) is 4.79 Å². The van der Waals surface area contributed by atoms with Crippen molar-refractivity contribution in [2.75, 3.05) is 13.1 Å². The van der Waals surface area contributed by atoms with Gasteiger partial charge in [-0.15, -0.1) is 11.6 Å². The summed E-state index contributed by atoms with van der Waals surface area (Å²) >= 11 is 6.01. The van der Waals surface area contributed by atoms with Gasteiger partial charge in [0.2, 0.25) is 5.91 Å². The largest absolute Gasteiger partial charge is 0.340 e. The zero-order valence-corrected chi connectivity index (χ0v) is 9.63. The molecule has 0 aromatic carbocycles. The van der Waals surface area contributed by atoms with Crippen LogP contribution in [0.5, 0.6) is 0 Å². The molecular formula is C10H19ClN2O. The molecule has 2 atom stereocenters. The summed E-state index contributed by atoms with van der Waals surface area (Å²) in [7, 11) is 0. The van der Waals surface area contributed by atoms with Gasteiger partial charge in [-0.1, -0.05) is 13.8 Å². The number of nitrogens with zero attached hydrogens (tertiary/aromatic N) is 1. The van der Waals surface area contributed by atoms with Crippen molar-refractivity contribution in [1.82, 2.24) is 4.90 Å². The van der Waals surface area contributed by atoms with Gasteiger partial charge in [0.15, 0.2) is 0 Å². The maximum atomic E-state index is 11.8. The van der Waals surface area contributed by atoms with Gasteiger partial charge in [0.05, 0.1) is 11.4 Å². The minimum atomic E-state index is -0.378. The molecule has 1 aliphatic heterocycles. The zero-order chi connectivity index (χ0) is 10.7. The molecule has 0 saturated carbocycles. The van der Waals surface area contributed by atoms with Gasteiger partial charge in [0.1, 0.15) is 0 Å². The highest BCUT2D eigenvalue weighted by atomic mass is 35.5. The highest BCUT2D eigenvalue weighted by Crippen LogP contribution is 2.16. The van der Waals surface area contributed by atoms with E-state index in [1.807, 2.05) is 13.8 Å². The fourth-order valence-electron chi connectivity index (χ4n) is 1.62. The molecule has 2 N–H and O–H groups in total. The van der Waals surface area contributed by atoms with E-state index < -0.39 is 0 Å². The third-order valence-corrected chi connectivity index (χ3v) is 3.04. The molecule has 1 rings (SSSR count). The summed E-state index contributed by atoms with van der Waals surface area (Å²) in [4.78, 5) is 13.6. The first-order chi connectivity index (χ1) is 6.52. The van der Waals surface area contributed by atoms with E-state index in [1.54, 1.807) is 4.90 Å². The van der Waals surface area contributed by atoms with E-state index in [0.717, 1.165) is 19.4 Å². The molecule has 1 saturated heterocycles. The van der Waals surface area contributed by atoms with Crippen LogP contribution in [-0.4, -0.2) is 35.3 Å². The summed E-state index contributed by atoms with van der Waals surface area (Å²) in [5.41, 5.74) is 5.80. The maximum Gasteiger partial charge on any atom is 0.239 e. The van der Waals surface area contributed by atoms with Crippen molar-refractivity contribution in [3.63, 3.8) is 0 Å². The number of alkyl halides is 1. The summed E-state index contributed by atoms with van der Waals surface area (Å²) < 4.78 is 0. The standard InChI is InChI=1S/C10H19ClN2O/c1-7(2)9(12)10(14)13-5-3-4-8(11)6-13/h7-9H,3-6,12H2,1-2H3/t8?,9-/m0/s1. The molecule has 0 aromatic heterocycles. The second-order valence-corrected chi connectivity index (χ2v) is 4.91. The lowest BCUT2D eigenvalue weighted by molar-refractivity contribution is -0.134. The van der Waals surface area contributed by atoms with Crippen LogP contribution in [0.1, 0.15) is 26.7 Å². The topological polar surface area (TPSA) is 46.3 Å². The van der Waals surface area contributed by atoms with Gasteiger partial charge in [0.25, 0.3) is 0 Å². The molecule has 1 unspecified atom stereocenters. The number of amides is 1. The Morgan fingerprint density at radius 3 is 2.71 bits per heavy atom. The Balaban J connectivity index is 2.51. The highest BCUT2D eigenvalue weighted by molar-refractivity contribution is 6.20. The van der Waals surface area contributed by atoms with Gasteiger partial charge < -0.3 is 10.6 Å². The van der Waals surface area contributed by atoms with E-state index in [-0.39, 0.29) is 23.2 Å². The molecule has 0 aromatic rings. The molecule has 82 valence electrons.